The zero-order chi connectivity index (χ0) is 11.2. The van der Waals surface area contributed by atoms with E-state index in [1.807, 2.05) is 12.1 Å². The molecule has 3 nitrogen and oxygen atoms in total. The predicted octanol–water partition coefficient (Wildman–Crippen LogP) is 1.34. The Balaban J connectivity index is 1.94. The van der Waals surface area contributed by atoms with Gasteiger partial charge in [-0.3, -0.25) is 9.19 Å². The van der Waals surface area contributed by atoms with Gasteiger partial charge in [-0.2, -0.15) is 0 Å². The summed E-state index contributed by atoms with van der Waals surface area (Å²) in [5.74, 6) is 0. The molecule has 2 aliphatic heterocycles. The summed E-state index contributed by atoms with van der Waals surface area (Å²) in [7, 11) is -0.719. The van der Waals surface area contributed by atoms with Crippen LogP contribution in [0, 0.1) is 0 Å². The van der Waals surface area contributed by atoms with Crippen molar-refractivity contribution in [3.63, 3.8) is 0 Å². The summed E-state index contributed by atoms with van der Waals surface area (Å²) in [6, 6.07) is 3.77. The highest BCUT2D eigenvalue weighted by atomic mass is 32.2. The van der Waals surface area contributed by atoms with Gasteiger partial charge in [0.05, 0.1) is 5.60 Å². The fraction of sp³-hybridized carbons (Fsp3) is 0.583. The van der Waals surface area contributed by atoms with Crippen molar-refractivity contribution in [1.82, 2.24) is 4.98 Å². The van der Waals surface area contributed by atoms with E-state index < -0.39 is 16.4 Å². The van der Waals surface area contributed by atoms with Crippen LogP contribution in [-0.2, 0) is 16.4 Å². The smallest absolute Gasteiger partial charge is 0.0934 e. The molecule has 2 unspecified atom stereocenters. The molecule has 86 valence electrons. The van der Waals surface area contributed by atoms with Crippen LogP contribution in [0.1, 0.15) is 31.2 Å². The first-order valence-electron chi connectivity index (χ1n) is 5.71. The Bertz CT molecular complexity index is 404. The summed E-state index contributed by atoms with van der Waals surface area (Å²) < 4.78 is 11.9. The minimum Gasteiger partial charge on any atom is -0.385 e. The van der Waals surface area contributed by atoms with E-state index in [9.17, 15) is 9.32 Å². The molecule has 1 N–H and O–H groups in total. The number of hydrogen-bond acceptors (Lipinski definition) is 3. The van der Waals surface area contributed by atoms with Gasteiger partial charge in [-0.15, -0.1) is 0 Å². The Labute approximate surface area is 97.4 Å². The highest BCUT2D eigenvalue weighted by molar-refractivity contribution is 7.86. The highest BCUT2D eigenvalue weighted by Crippen LogP contribution is 2.45. The van der Waals surface area contributed by atoms with Crippen LogP contribution < -0.4 is 0 Å². The number of aromatic nitrogens is 1. The second-order valence-corrected chi connectivity index (χ2v) is 6.82. The second-order valence-electron chi connectivity index (χ2n) is 4.83. The Morgan fingerprint density at radius 3 is 2.62 bits per heavy atom. The number of aliphatic hydroxyl groups is 1. The Morgan fingerprint density at radius 1 is 1.38 bits per heavy atom. The molecular formula is C12H15NO2S. The lowest BCUT2D eigenvalue weighted by atomic mass is 9.87. The number of rotatable bonds is 1. The van der Waals surface area contributed by atoms with Gasteiger partial charge < -0.3 is 5.11 Å². The number of fused-ring (bicyclic) bond motifs is 2. The lowest BCUT2D eigenvalue weighted by Gasteiger charge is -2.35. The molecule has 2 atom stereocenters. The molecule has 0 amide bonds. The summed E-state index contributed by atoms with van der Waals surface area (Å²) in [5, 5.41) is 11.0. The molecule has 3 rings (SSSR count). The third-order valence-electron chi connectivity index (χ3n) is 3.80. The van der Waals surface area contributed by atoms with E-state index in [1.54, 1.807) is 12.4 Å². The highest BCUT2D eigenvalue weighted by Gasteiger charge is 2.48. The van der Waals surface area contributed by atoms with Crippen molar-refractivity contribution in [2.24, 2.45) is 0 Å². The standard InChI is InChI=1S/C12H15NO2S/c14-12(9-2-1-5-13-8-9)6-10-3-4-11(7-12)16(10)15/h1-2,5,8,10-11,14H,3-4,6-7H2. The van der Waals surface area contributed by atoms with E-state index in [0.717, 1.165) is 18.4 Å². The van der Waals surface area contributed by atoms with Crippen molar-refractivity contribution in [3.05, 3.63) is 30.1 Å². The van der Waals surface area contributed by atoms with E-state index in [0.29, 0.717) is 12.8 Å². The Hall–Kier alpha value is -0.740. The SMILES string of the molecule is O=S1C2CCC1CC(O)(c1cccnc1)C2. The molecule has 0 spiro atoms. The summed E-state index contributed by atoms with van der Waals surface area (Å²) in [6.45, 7) is 0. The molecule has 2 aliphatic rings. The number of nitrogens with zero attached hydrogens (tertiary/aromatic N) is 1. The molecule has 4 heteroatoms. The number of pyridine rings is 1. The van der Waals surface area contributed by atoms with Crippen LogP contribution >= 0.6 is 0 Å². The van der Waals surface area contributed by atoms with E-state index in [1.165, 1.54) is 0 Å². The molecule has 2 bridgehead atoms. The molecule has 0 saturated carbocycles. The first-order chi connectivity index (χ1) is 7.69. The summed E-state index contributed by atoms with van der Waals surface area (Å²) in [6.07, 6.45) is 6.69. The minimum absolute atomic E-state index is 0.184. The lowest BCUT2D eigenvalue weighted by Crippen LogP contribution is -2.40. The maximum absolute atomic E-state index is 11.9. The van der Waals surface area contributed by atoms with Gasteiger partial charge in [-0.1, -0.05) is 6.07 Å². The fourth-order valence-corrected chi connectivity index (χ4v) is 5.12. The molecule has 0 aromatic carbocycles. The monoisotopic (exact) mass is 237 g/mol. The molecule has 1 aromatic rings. The van der Waals surface area contributed by atoms with E-state index in [2.05, 4.69) is 4.98 Å². The van der Waals surface area contributed by atoms with Gasteiger partial charge in [0.15, 0.2) is 0 Å². The molecule has 3 heterocycles. The van der Waals surface area contributed by atoms with E-state index >= 15 is 0 Å². The molecule has 16 heavy (non-hydrogen) atoms. The van der Waals surface area contributed by atoms with E-state index in [4.69, 9.17) is 0 Å². The normalized spacial score (nSPS) is 42.2. The van der Waals surface area contributed by atoms with Gasteiger partial charge in [-0.25, -0.2) is 0 Å². The number of hydrogen-bond donors (Lipinski definition) is 1. The van der Waals surface area contributed by atoms with Crippen LogP contribution in [0.3, 0.4) is 0 Å². The summed E-state index contributed by atoms with van der Waals surface area (Å²) in [4.78, 5) is 4.06. The molecule has 0 radical (unpaired) electrons. The quantitative estimate of drug-likeness (QED) is 0.802. The third kappa shape index (κ3) is 1.52. The van der Waals surface area contributed by atoms with Crippen molar-refractivity contribution in [3.8, 4) is 0 Å². The van der Waals surface area contributed by atoms with Crippen LogP contribution in [-0.4, -0.2) is 24.8 Å². The second kappa shape index (κ2) is 3.64. The molecule has 0 aliphatic carbocycles. The molecule has 2 fully saturated rings. The molecular weight excluding hydrogens is 222 g/mol. The fourth-order valence-electron chi connectivity index (χ4n) is 2.95. The zero-order valence-electron chi connectivity index (χ0n) is 9.00. The van der Waals surface area contributed by atoms with Gasteiger partial charge in [0.1, 0.15) is 0 Å². The Morgan fingerprint density at radius 2 is 2.06 bits per heavy atom. The molecule has 1 aromatic heterocycles. The first kappa shape index (κ1) is 10.4. The van der Waals surface area contributed by atoms with Crippen molar-refractivity contribution in [2.75, 3.05) is 0 Å². The van der Waals surface area contributed by atoms with Gasteiger partial charge in [0, 0.05) is 39.3 Å². The van der Waals surface area contributed by atoms with Gasteiger partial charge in [-0.05, 0) is 31.7 Å². The zero-order valence-corrected chi connectivity index (χ0v) is 9.82. The Kier molecular flexibility index (Phi) is 2.37. The van der Waals surface area contributed by atoms with Gasteiger partial charge in [0.2, 0.25) is 0 Å². The van der Waals surface area contributed by atoms with Crippen LogP contribution in [0.4, 0.5) is 0 Å². The largest absolute Gasteiger partial charge is 0.385 e. The maximum atomic E-state index is 11.9. The van der Waals surface area contributed by atoms with Crippen LogP contribution in [0.15, 0.2) is 24.5 Å². The van der Waals surface area contributed by atoms with Gasteiger partial charge >= 0.3 is 0 Å². The van der Waals surface area contributed by atoms with Gasteiger partial charge in [0.25, 0.3) is 0 Å². The van der Waals surface area contributed by atoms with E-state index in [-0.39, 0.29) is 10.5 Å². The maximum Gasteiger partial charge on any atom is 0.0934 e. The topological polar surface area (TPSA) is 50.2 Å². The average molecular weight is 237 g/mol. The van der Waals surface area contributed by atoms with Crippen LogP contribution in [0.25, 0.3) is 0 Å². The minimum atomic E-state index is -0.798. The third-order valence-corrected chi connectivity index (χ3v) is 5.92. The predicted molar refractivity (Wildman–Crippen MR) is 62.3 cm³/mol. The van der Waals surface area contributed by atoms with Crippen molar-refractivity contribution in [1.29, 1.82) is 0 Å². The summed E-state index contributed by atoms with van der Waals surface area (Å²) >= 11 is 0. The van der Waals surface area contributed by atoms with Crippen molar-refractivity contribution < 1.29 is 9.32 Å². The lowest BCUT2D eigenvalue weighted by molar-refractivity contribution is 0.0181. The van der Waals surface area contributed by atoms with Crippen LogP contribution in [0.2, 0.25) is 0 Å². The summed E-state index contributed by atoms with van der Waals surface area (Å²) in [5.41, 5.74) is 0.0807. The average Bonchev–Trinajstić information content (AvgIpc) is 2.54. The van der Waals surface area contributed by atoms with Crippen molar-refractivity contribution in [2.45, 2.75) is 41.8 Å². The van der Waals surface area contributed by atoms with Crippen molar-refractivity contribution >= 4 is 10.8 Å². The first-order valence-corrected chi connectivity index (χ1v) is 6.99. The molecule has 2 saturated heterocycles. The van der Waals surface area contributed by atoms with Crippen LogP contribution in [0.5, 0.6) is 0 Å².